The van der Waals surface area contributed by atoms with Gasteiger partial charge in [-0.2, -0.15) is 4.68 Å². The Morgan fingerprint density at radius 3 is 3.05 bits per heavy atom. The highest BCUT2D eigenvalue weighted by Gasteiger charge is 2.43. The van der Waals surface area contributed by atoms with Crippen LogP contribution in [-0.2, 0) is 0 Å². The van der Waals surface area contributed by atoms with Gasteiger partial charge in [-0.05, 0) is 40.6 Å². The van der Waals surface area contributed by atoms with Gasteiger partial charge in [0, 0.05) is 19.0 Å². The first-order valence-electron chi connectivity index (χ1n) is 7.02. The molecule has 21 heavy (non-hydrogen) atoms. The third-order valence-corrected chi connectivity index (χ3v) is 5.43. The van der Waals surface area contributed by atoms with Crippen molar-refractivity contribution in [1.29, 1.82) is 0 Å². The summed E-state index contributed by atoms with van der Waals surface area (Å²) in [5, 5.41) is 22.9. The number of hydrogen-bond donors (Lipinski definition) is 1. The fourth-order valence-corrected chi connectivity index (χ4v) is 4.31. The molecule has 0 radical (unpaired) electrons. The lowest BCUT2D eigenvalue weighted by atomic mass is 10.00. The lowest BCUT2D eigenvalue weighted by molar-refractivity contribution is 0.0757. The van der Waals surface area contributed by atoms with Gasteiger partial charge in [0.05, 0.1) is 11.8 Å². The Morgan fingerprint density at radius 1 is 1.38 bits per heavy atom. The van der Waals surface area contributed by atoms with Gasteiger partial charge < -0.3 is 10.0 Å². The minimum Gasteiger partial charge on any atom is -0.393 e. The average molecular weight is 305 g/mol. The SMILES string of the molecule is O=C(c1sccc1-n1cnnn1)N1CC2CCC(O)C2C1. The number of aliphatic hydroxyl groups is 1. The van der Waals surface area contributed by atoms with E-state index in [1.165, 1.54) is 22.3 Å². The number of amides is 1. The molecule has 2 aliphatic rings. The average Bonchev–Trinajstić information content (AvgIpc) is 3.24. The minimum atomic E-state index is -0.255. The van der Waals surface area contributed by atoms with Crippen LogP contribution in [0.3, 0.4) is 0 Å². The van der Waals surface area contributed by atoms with Gasteiger partial charge in [-0.15, -0.1) is 16.4 Å². The zero-order valence-corrected chi connectivity index (χ0v) is 12.1. The van der Waals surface area contributed by atoms with Crippen LogP contribution in [0.15, 0.2) is 17.8 Å². The summed E-state index contributed by atoms with van der Waals surface area (Å²) in [5.41, 5.74) is 0.715. The number of carbonyl (C=O) groups excluding carboxylic acids is 1. The van der Waals surface area contributed by atoms with Crippen molar-refractivity contribution in [2.24, 2.45) is 11.8 Å². The maximum atomic E-state index is 12.7. The number of thiophene rings is 1. The molecule has 1 amide bonds. The molecular formula is C13H15N5O2S. The number of rotatable bonds is 2. The Morgan fingerprint density at radius 2 is 2.29 bits per heavy atom. The van der Waals surface area contributed by atoms with Crippen molar-refractivity contribution >= 4 is 17.2 Å². The van der Waals surface area contributed by atoms with Gasteiger partial charge in [-0.1, -0.05) is 0 Å². The van der Waals surface area contributed by atoms with Crippen molar-refractivity contribution < 1.29 is 9.90 Å². The summed E-state index contributed by atoms with van der Waals surface area (Å²) in [6, 6.07) is 1.85. The molecule has 3 heterocycles. The molecule has 7 nitrogen and oxygen atoms in total. The van der Waals surface area contributed by atoms with Gasteiger partial charge in [0.1, 0.15) is 11.2 Å². The molecule has 110 valence electrons. The molecule has 4 rings (SSSR count). The van der Waals surface area contributed by atoms with Crippen LogP contribution in [-0.4, -0.2) is 55.3 Å². The lowest BCUT2D eigenvalue weighted by Gasteiger charge is -2.18. The van der Waals surface area contributed by atoms with E-state index in [4.69, 9.17) is 0 Å². The molecule has 2 aromatic rings. The number of likely N-dealkylation sites (tertiary alicyclic amines) is 1. The van der Waals surface area contributed by atoms with Crippen molar-refractivity contribution in [2.45, 2.75) is 18.9 Å². The predicted octanol–water partition coefficient (Wildman–Crippen LogP) is 0.567. The second-order valence-corrected chi connectivity index (χ2v) is 6.58. The molecule has 1 aliphatic heterocycles. The van der Waals surface area contributed by atoms with Gasteiger partial charge in [0.2, 0.25) is 0 Å². The van der Waals surface area contributed by atoms with Crippen LogP contribution < -0.4 is 0 Å². The molecule has 0 spiro atoms. The van der Waals surface area contributed by atoms with Gasteiger partial charge in [0.15, 0.2) is 0 Å². The summed E-state index contributed by atoms with van der Waals surface area (Å²) in [6.45, 7) is 1.39. The lowest BCUT2D eigenvalue weighted by Crippen LogP contribution is -2.31. The molecule has 3 atom stereocenters. The molecule has 0 aromatic carbocycles. The van der Waals surface area contributed by atoms with Crippen molar-refractivity contribution in [1.82, 2.24) is 25.1 Å². The van der Waals surface area contributed by atoms with E-state index in [0.29, 0.717) is 23.0 Å². The van der Waals surface area contributed by atoms with Gasteiger partial charge in [0.25, 0.3) is 5.91 Å². The first kappa shape index (κ1) is 12.9. The Balaban J connectivity index is 1.58. The molecular weight excluding hydrogens is 290 g/mol. The first-order chi connectivity index (χ1) is 10.2. The summed E-state index contributed by atoms with van der Waals surface area (Å²) in [4.78, 5) is 15.2. The van der Waals surface area contributed by atoms with Crippen LogP contribution in [0.4, 0.5) is 0 Å². The maximum absolute atomic E-state index is 12.7. The zero-order valence-electron chi connectivity index (χ0n) is 11.3. The minimum absolute atomic E-state index is 0.0112. The molecule has 2 aromatic heterocycles. The van der Waals surface area contributed by atoms with Crippen molar-refractivity contribution in [2.75, 3.05) is 13.1 Å². The highest BCUT2D eigenvalue weighted by atomic mass is 32.1. The smallest absolute Gasteiger partial charge is 0.266 e. The van der Waals surface area contributed by atoms with Crippen LogP contribution in [0.1, 0.15) is 22.5 Å². The Bertz CT molecular complexity index is 655. The summed E-state index contributed by atoms with van der Waals surface area (Å²) in [5.74, 6) is 0.697. The zero-order chi connectivity index (χ0) is 14.4. The topological polar surface area (TPSA) is 84.1 Å². The number of aromatic nitrogens is 4. The summed E-state index contributed by atoms with van der Waals surface area (Å²) >= 11 is 1.40. The predicted molar refractivity (Wildman–Crippen MR) is 75.2 cm³/mol. The molecule has 1 aliphatic carbocycles. The molecule has 3 unspecified atom stereocenters. The Hall–Kier alpha value is -1.80. The van der Waals surface area contributed by atoms with Crippen LogP contribution in [0.2, 0.25) is 0 Å². The number of fused-ring (bicyclic) bond motifs is 1. The second-order valence-electron chi connectivity index (χ2n) is 5.67. The molecule has 1 saturated heterocycles. The fourth-order valence-electron chi connectivity index (χ4n) is 3.46. The molecule has 1 N–H and O–H groups in total. The van der Waals surface area contributed by atoms with Crippen LogP contribution >= 0.6 is 11.3 Å². The van der Waals surface area contributed by atoms with Crippen molar-refractivity contribution in [3.63, 3.8) is 0 Å². The van der Waals surface area contributed by atoms with E-state index in [1.54, 1.807) is 0 Å². The number of tetrazole rings is 1. The van der Waals surface area contributed by atoms with E-state index in [9.17, 15) is 9.90 Å². The molecule has 0 bridgehead atoms. The Labute approximate surface area is 125 Å². The van der Waals surface area contributed by atoms with Gasteiger partial charge in [-0.25, -0.2) is 0 Å². The number of hydrogen-bond acceptors (Lipinski definition) is 6. The normalized spacial score (nSPS) is 28.0. The monoisotopic (exact) mass is 305 g/mol. The van der Waals surface area contributed by atoms with E-state index in [0.717, 1.165) is 19.4 Å². The largest absolute Gasteiger partial charge is 0.393 e. The van der Waals surface area contributed by atoms with E-state index in [2.05, 4.69) is 15.5 Å². The maximum Gasteiger partial charge on any atom is 0.266 e. The molecule has 8 heteroatoms. The highest BCUT2D eigenvalue weighted by Crippen LogP contribution is 2.39. The second kappa shape index (κ2) is 4.88. The Kier molecular flexibility index (Phi) is 3.00. The van der Waals surface area contributed by atoms with E-state index in [1.807, 2.05) is 16.3 Å². The van der Waals surface area contributed by atoms with E-state index >= 15 is 0 Å². The third-order valence-electron chi connectivity index (χ3n) is 4.54. The van der Waals surface area contributed by atoms with Crippen LogP contribution in [0, 0.1) is 11.8 Å². The summed E-state index contributed by atoms with van der Waals surface area (Å²) < 4.78 is 1.51. The van der Waals surface area contributed by atoms with Crippen molar-refractivity contribution in [3.05, 3.63) is 22.7 Å². The first-order valence-corrected chi connectivity index (χ1v) is 7.90. The molecule has 2 fully saturated rings. The van der Waals surface area contributed by atoms with Crippen LogP contribution in [0.25, 0.3) is 5.69 Å². The van der Waals surface area contributed by atoms with Gasteiger partial charge in [-0.3, -0.25) is 4.79 Å². The number of nitrogens with zero attached hydrogens (tertiary/aromatic N) is 5. The van der Waals surface area contributed by atoms with Gasteiger partial charge >= 0.3 is 0 Å². The summed E-state index contributed by atoms with van der Waals surface area (Å²) in [7, 11) is 0. The van der Waals surface area contributed by atoms with Crippen molar-refractivity contribution in [3.8, 4) is 5.69 Å². The quantitative estimate of drug-likeness (QED) is 0.877. The fraction of sp³-hybridized carbons (Fsp3) is 0.538. The third kappa shape index (κ3) is 2.06. The molecule has 1 saturated carbocycles. The number of aliphatic hydroxyl groups excluding tert-OH is 1. The van der Waals surface area contributed by atoms with Crippen LogP contribution in [0.5, 0.6) is 0 Å². The summed E-state index contributed by atoms with van der Waals surface area (Å²) in [6.07, 6.45) is 3.11. The van der Waals surface area contributed by atoms with E-state index < -0.39 is 0 Å². The van der Waals surface area contributed by atoms with E-state index in [-0.39, 0.29) is 17.9 Å². The standard InChI is InChI=1S/C13H15N5O2S/c19-11-2-1-8-5-17(6-9(8)11)13(20)12-10(3-4-21-12)18-7-14-15-16-18/h3-4,7-9,11,19H,1-2,5-6H2. The highest BCUT2D eigenvalue weighted by molar-refractivity contribution is 7.12. The number of carbonyl (C=O) groups is 1.